The van der Waals surface area contributed by atoms with Gasteiger partial charge in [-0.1, -0.05) is 54.9 Å². The molecule has 0 aromatic carbocycles. The molecule has 0 aliphatic carbocycles. The van der Waals surface area contributed by atoms with Gasteiger partial charge in [0.05, 0.1) is 0 Å². The molecule has 3 aliphatic rings. The number of nitrogens with zero attached hydrogens (tertiary/aromatic N) is 3. The van der Waals surface area contributed by atoms with Crippen molar-refractivity contribution in [3.05, 3.63) is 0 Å². The zero-order valence-corrected chi connectivity index (χ0v) is 22.0. The second kappa shape index (κ2) is 15.7. The fraction of sp³-hybridized carbons (Fsp3) is 1.00. The van der Waals surface area contributed by atoms with E-state index in [9.17, 15) is 0 Å². The van der Waals surface area contributed by atoms with Gasteiger partial charge in [0.15, 0.2) is 0 Å². The van der Waals surface area contributed by atoms with Crippen LogP contribution in [0, 0.1) is 11.3 Å². The van der Waals surface area contributed by atoms with Gasteiger partial charge in [-0.05, 0) is 98.2 Å². The standard InChI is InChI=1S/C9H19N.C6H13N.C5H11N.C3H8.C2H6/c1-8(2)6-7-10(5)9(8,3)4;1-6-3-4-7(2)5-6;1-6-4-2-3-5-6;1-3-2;1-2/h6-7H2,1-5H3;6H,3-5H2,1-2H3;2-5H2,1H3;3H2,1-2H3;1-2H3. The van der Waals surface area contributed by atoms with Crippen LogP contribution in [0.15, 0.2) is 0 Å². The maximum Gasteiger partial charge on any atom is 0.0201 e. The quantitative estimate of drug-likeness (QED) is 0.477. The van der Waals surface area contributed by atoms with Crippen LogP contribution in [0.3, 0.4) is 0 Å². The second-order valence-electron chi connectivity index (χ2n) is 9.99. The lowest BCUT2D eigenvalue weighted by atomic mass is 9.75. The van der Waals surface area contributed by atoms with Crippen molar-refractivity contribution in [2.75, 3.05) is 53.9 Å². The minimum absolute atomic E-state index is 0.382. The number of hydrogen-bond acceptors (Lipinski definition) is 3. The third-order valence-electron chi connectivity index (χ3n) is 6.64. The monoisotopic (exact) mass is 399 g/mol. The number of likely N-dealkylation sites (tertiary alicyclic amines) is 3. The first-order valence-corrected chi connectivity index (χ1v) is 12.1. The van der Waals surface area contributed by atoms with Crippen molar-refractivity contribution in [1.82, 2.24) is 14.7 Å². The van der Waals surface area contributed by atoms with Gasteiger partial charge < -0.3 is 14.7 Å². The van der Waals surface area contributed by atoms with Gasteiger partial charge in [0.25, 0.3) is 0 Å². The van der Waals surface area contributed by atoms with E-state index in [1.54, 1.807) is 0 Å². The Kier molecular flexibility index (Phi) is 16.8. The summed E-state index contributed by atoms with van der Waals surface area (Å²) >= 11 is 0. The predicted molar refractivity (Wildman–Crippen MR) is 130 cm³/mol. The fourth-order valence-electron chi connectivity index (χ4n) is 3.58. The van der Waals surface area contributed by atoms with Gasteiger partial charge in [0.2, 0.25) is 0 Å². The molecule has 0 saturated carbocycles. The second-order valence-corrected chi connectivity index (χ2v) is 9.99. The Labute approximate surface area is 180 Å². The Hall–Kier alpha value is -0.120. The van der Waals surface area contributed by atoms with Crippen LogP contribution < -0.4 is 0 Å². The molecule has 28 heavy (non-hydrogen) atoms. The van der Waals surface area contributed by atoms with Crippen LogP contribution >= 0.6 is 0 Å². The molecule has 3 fully saturated rings. The summed E-state index contributed by atoms with van der Waals surface area (Å²) in [6.45, 7) is 26.4. The van der Waals surface area contributed by atoms with E-state index in [-0.39, 0.29) is 0 Å². The molecule has 0 N–H and O–H groups in total. The lowest BCUT2D eigenvalue weighted by Crippen LogP contribution is -2.44. The summed E-state index contributed by atoms with van der Waals surface area (Å²) in [6.07, 6.45) is 6.81. The summed E-state index contributed by atoms with van der Waals surface area (Å²) in [5, 5.41) is 0. The van der Waals surface area contributed by atoms with Crippen molar-refractivity contribution >= 4 is 0 Å². The molecule has 3 heteroatoms. The zero-order chi connectivity index (χ0) is 22.4. The zero-order valence-electron chi connectivity index (χ0n) is 22.0. The van der Waals surface area contributed by atoms with Crippen molar-refractivity contribution in [1.29, 1.82) is 0 Å². The van der Waals surface area contributed by atoms with Crippen molar-refractivity contribution in [2.45, 2.75) is 100.0 Å². The topological polar surface area (TPSA) is 9.72 Å². The Bertz CT molecular complexity index is 338. The summed E-state index contributed by atoms with van der Waals surface area (Å²) < 4.78 is 0. The van der Waals surface area contributed by atoms with Crippen LogP contribution in [0.1, 0.15) is 94.4 Å². The highest BCUT2D eigenvalue weighted by Gasteiger charge is 2.44. The van der Waals surface area contributed by atoms with Crippen LogP contribution in [0.2, 0.25) is 0 Å². The molecule has 0 spiro atoms. The molecule has 172 valence electrons. The van der Waals surface area contributed by atoms with Crippen molar-refractivity contribution in [3.8, 4) is 0 Å². The van der Waals surface area contributed by atoms with Gasteiger partial charge >= 0.3 is 0 Å². The van der Waals surface area contributed by atoms with E-state index in [4.69, 9.17) is 0 Å². The van der Waals surface area contributed by atoms with E-state index in [0.717, 1.165) is 5.92 Å². The minimum atomic E-state index is 0.382. The predicted octanol–water partition coefficient (Wildman–Crippen LogP) is 6.24. The SMILES string of the molecule is CC.CC1CCN(C)C1.CCC.CN1CCC(C)(C)C1(C)C.CN1CCCC1. The molecule has 0 aromatic rings. The minimum Gasteiger partial charge on any atom is -0.306 e. The van der Waals surface area contributed by atoms with E-state index >= 15 is 0 Å². The Morgan fingerprint density at radius 3 is 1.36 bits per heavy atom. The van der Waals surface area contributed by atoms with Crippen molar-refractivity contribution in [3.63, 3.8) is 0 Å². The summed E-state index contributed by atoms with van der Waals surface area (Å²) in [4.78, 5) is 7.19. The van der Waals surface area contributed by atoms with E-state index in [1.165, 1.54) is 64.8 Å². The molecular weight excluding hydrogens is 342 g/mol. The first kappa shape index (κ1) is 30.1. The van der Waals surface area contributed by atoms with E-state index in [1.807, 2.05) is 13.8 Å². The molecule has 3 saturated heterocycles. The third-order valence-corrected chi connectivity index (χ3v) is 6.64. The normalized spacial score (nSPS) is 25.9. The summed E-state index contributed by atoms with van der Waals surface area (Å²) in [5.74, 6) is 0.949. The molecule has 0 aromatic heterocycles. The average molecular weight is 400 g/mol. The van der Waals surface area contributed by atoms with Crippen LogP contribution in [-0.2, 0) is 0 Å². The number of hydrogen-bond donors (Lipinski definition) is 0. The highest BCUT2D eigenvalue weighted by molar-refractivity contribution is 4.99. The third kappa shape index (κ3) is 11.8. The molecule has 3 rings (SSSR count). The van der Waals surface area contributed by atoms with Gasteiger partial charge in [-0.3, -0.25) is 0 Å². The first-order valence-electron chi connectivity index (χ1n) is 12.1. The van der Waals surface area contributed by atoms with E-state index < -0.39 is 0 Å². The molecule has 3 nitrogen and oxygen atoms in total. The average Bonchev–Trinajstić information content (AvgIpc) is 3.30. The van der Waals surface area contributed by atoms with Gasteiger partial charge in [-0.25, -0.2) is 0 Å². The van der Waals surface area contributed by atoms with Crippen molar-refractivity contribution < 1.29 is 0 Å². The highest BCUT2D eigenvalue weighted by Crippen LogP contribution is 2.43. The Balaban J connectivity index is 0. The van der Waals surface area contributed by atoms with Crippen molar-refractivity contribution in [2.24, 2.45) is 11.3 Å². The molecule has 3 heterocycles. The largest absolute Gasteiger partial charge is 0.306 e. The molecule has 3 aliphatic heterocycles. The first-order chi connectivity index (χ1) is 13.0. The molecular formula is C25H57N3. The lowest BCUT2D eigenvalue weighted by molar-refractivity contribution is 0.116. The van der Waals surface area contributed by atoms with Gasteiger partial charge in [0.1, 0.15) is 0 Å². The molecule has 0 radical (unpaired) electrons. The maximum absolute atomic E-state index is 2.45. The van der Waals surface area contributed by atoms with Crippen LogP contribution in [0.5, 0.6) is 0 Å². The van der Waals surface area contributed by atoms with E-state index in [2.05, 4.69) is 84.3 Å². The number of rotatable bonds is 0. The Morgan fingerprint density at radius 1 is 0.786 bits per heavy atom. The van der Waals surface area contributed by atoms with Crippen LogP contribution in [-0.4, -0.2) is 74.1 Å². The Morgan fingerprint density at radius 2 is 1.25 bits per heavy atom. The van der Waals surface area contributed by atoms with E-state index in [0.29, 0.717) is 11.0 Å². The summed E-state index contributed by atoms with van der Waals surface area (Å²) in [7, 11) is 6.57. The van der Waals surface area contributed by atoms with Gasteiger partial charge in [-0.2, -0.15) is 0 Å². The molecule has 1 unspecified atom stereocenters. The van der Waals surface area contributed by atoms with Gasteiger partial charge in [-0.15, -0.1) is 0 Å². The smallest absolute Gasteiger partial charge is 0.0201 e. The summed E-state index contributed by atoms with van der Waals surface area (Å²) in [6, 6.07) is 0. The van der Waals surface area contributed by atoms with Crippen LogP contribution in [0.4, 0.5) is 0 Å². The molecule has 1 atom stereocenters. The maximum atomic E-state index is 2.45. The lowest BCUT2D eigenvalue weighted by Gasteiger charge is -2.39. The summed E-state index contributed by atoms with van der Waals surface area (Å²) in [5.41, 5.74) is 0.870. The van der Waals surface area contributed by atoms with Crippen LogP contribution in [0.25, 0.3) is 0 Å². The molecule has 0 amide bonds. The fourth-order valence-corrected chi connectivity index (χ4v) is 3.58. The van der Waals surface area contributed by atoms with Gasteiger partial charge in [0, 0.05) is 12.1 Å². The highest BCUT2D eigenvalue weighted by atomic mass is 15.2. The molecule has 0 bridgehead atoms.